The lowest BCUT2D eigenvalue weighted by Gasteiger charge is -2.30. The van der Waals surface area contributed by atoms with Crippen LogP contribution in [0.2, 0.25) is 0 Å². The zero-order valence-electron chi connectivity index (χ0n) is 6.30. The predicted octanol–water partition coefficient (Wildman–Crippen LogP) is -1.84. The fourth-order valence-corrected chi connectivity index (χ4v) is 1.78. The van der Waals surface area contributed by atoms with E-state index < -0.39 is 29.9 Å². The van der Waals surface area contributed by atoms with E-state index in [1.54, 1.807) is 0 Å². The molecule has 0 aromatic carbocycles. The Morgan fingerprint density at radius 3 is 2.75 bits per heavy atom. The highest BCUT2D eigenvalue weighted by molar-refractivity contribution is 5.82. The van der Waals surface area contributed by atoms with Gasteiger partial charge in [-0.2, -0.15) is 0 Å². The van der Waals surface area contributed by atoms with Crippen LogP contribution in [0.4, 0.5) is 0 Å². The van der Waals surface area contributed by atoms with Crippen molar-refractivity contribution in [3.63, 3.8) is 0 Å². The molecule has 2 aliphatic rings. The molecule has 1 saturated heterocycles. The van der Waals surface area contributed by atoms with Gasteiger partial charge < -0.3 is 20.1 Å². The molecule has 0 amide bonds. The van der Waals surface area contributed by atoms with Crippen molar-refractivity contribution in [3.05, 3.63) is 0 Å². The van der Waals surface area contributed by atoms with Gasteiger partial charge >= 0.3 is 5.97 Å². The molecule has 3 N–H and O–H groups in total. The van der Waals surface area contributed by atoms with Crippen LogP contribution in [0.5, 0.6) is 0 Å². The van der Waals surface area contributed by atoms with Gasteiger partial charge in [-0.15, -0.1) is 0 Å². The summed E-state index contributed by atoms with van der Waals surface area (Å²) in [6.07, 6.45) is -2.92. The molecule has 0 unspecified atom stereocenters. The third-order valence-corrected chi connectivity index (χ3v) is 2.50. The van der Waals surface area contributed by atoms with Crippen LogP contribution in [-0.2, 0) is 9.53 Å². The van der Waals surface area contributed by atoms with Gasteiger partial charge in [0.2, 0.25) is 0 Å². The van der Waals surface area contributed by atoms with E-state index in [1.807, 2.05) is 0 Å². The average Bonchev–Trinajstić information content (AvgIpc) is 2.22. The fourth-order valence-electron chi connectivity index (χ4n) is 1.78. The van der Waals surface area contributed by atoms with Gasteiger partial charge in [-0.25, -0.2) is 4.79 Å². The lowest BCUT2D eigenvalue weighted by atomic mass is 9.82. The standard InChI is InChI=1S/C7H10O5/c8-3-1-7(11)2-4(5(3)9)12-6(7)10/h3-5,8-9,11H,1-2H2/t3-,4+,5-,7+/m1/s1. The summed E-state index contributed by atoms with van der Waals surface area (Å²) in [5, 5.41) is 28.0. The van der Waals surface area contributed by atoms with Crippen molar-refractivity contribution in [2.24, 2.45) is 0 Å². The molecule has 4 atom stereocenters. The van der Waals surface area contributed by atoms with E-state index in [4.69, 9.17) is 0 Å². The summed E-state index contributed by atoms with van der Waals surface area (Å²) in [6, 6.07) is 0. The smallest absolute Gasteiger partial charge is 0.338 e. The maximum atomic E-state index is 11.0. The van der Waals surface area contributed by atoms with Crippen molar-refractivity contribution < 1.29 is 24.9 Å². The van der Waals surface area contributed by atoms with Gasteiger partial charge in [-0.3, -0.25) is 0 Å². The number of carbonyl (C=O) groups excluding carboxylic acids is 1. The average molecular weight is 174 g/mol. The van der Waals surface area contributed by atoms with Gasteiger partial charge in [0.1, 0.15) is 12.2 Å². The molecule has 0 aromatic rings. The van der Waals surface area contributed by atoms with Crippen molar-refractivity contribution in [2.45, 2.75) is 36.8 Å². The SMILES string of the molecule is O=C1O[C@H]2C[C@@]1(O)C[C@@H](O)[C@H]2O. The number of fused-ring (bicyclic) bond motifs is 2. The van der Waals surface area contributed by atoms with E-state index in [1.165, 1.54) is 0 Å². The Bertz CT molecular complexity index is 228. The van der Waals surface area contributed by atoms with Crippen LogP contribution < -0.4 is 0 Å². The molecule has 68 valence electrons. The van der Waals surface area contributed by atoms with E-state index >= 15 is 0 Å². The monoisotopic (exact) mass is 174 g/mol. The lowest BCUT2D eigenvalue weighted by Crippen LogP contribution is -2.48. The van der Waals surface area contributed by atoms with E-state index in [9.17, 15) is 20.1 Å². The molecular formula is C7H10O5. The second-order valence-corrected chi connectivity index (χ2v) is 3.44. The Balaban J connectivity index is 2.28. The minimum atomic E-state index is -1.57. The largest absolute Gasteiger partial charge is 0.457 e. The number of aliphatic hydroxyl groups is 3. The highest BCUT2D eigenvalue weighted by Crippen LogP contribution is 2.37. The molecule has 5 heteroatoms. The van der Waals surface area contributed by atoms with Crippen molar-refractivity contribution in [2.75, 3.05) is 0 Å². The molecule has 0 aromatic heterocycles. The molecule has 2 fully saturated rings. The van der Waals surface area contributed by atoms with Crippen LogP contribution in [0.25, 0.3) is 0 Å². The zero-order valence-corrected chi connectivity index (χ0v) is 6.30. The number of carbonyl (C=O) groups is 1. The second-order valence-electron chi connectivity index (χ2n) is 3.44. The predicted molar refractivity (Wildman–Crippen MR) is 36.1 cm³/mol. The lowest BCUT2D eigenvalue weighted by molar-refractivity contribution is -0.154. The summed E-state index contributed by atoms with van der Waals surface area (Å²) in [6.45, 7) is 0. The molecule has 0 spiro atoms. The van der Waals surface area contributed by atoms with Crippen LogP contribution in [0.1, 0.15) is 12.8 Å². The van der Waals surface area contributed by atoms with Crippen molar-refractivity contribution in [1.82, 2.24) is 0 Å². The van der Waals surface area contributed by atoms with Gasteiger partial charge in [0.05, 0.1) is 6.10 Å². The van der Waals surface area contributed by atoms with Gasteiger partial charge in [-0.1, -0.05) is 0 Å². The molecule has 2 rings (SSSR count). The maximum Gasteiger partial charge on any atom is 0.338 e. The molecule has 2 bridgehead atoms. The van der Waals surface area contributed by atoms with Crippen LogP contribution in [-0.4, -0.2) is 45.2 Å². The van der Waals surface area contributed by atoms with E-state index in [2.05, 4.69) is 4.74 Å². The Morgan fingerprint density at radius 1 is 1.42 bits per heavy atom. The summed E-state index contributed by atoms with van der Waals surface area (Å²) in [7, 11) is 0. The van der Waals surface area contributed by atoms with Crippen molar-refractivity contribution in [3.8, 4) is 0 Å². The van der Waals surface area contributed by atoms with Gasteiger partial charge in [0, 0.05) is 12.8 Å². The number of aliphatic hydroxyl groups excluding tert-OH is 2. The summed E-state index contributed by atoms with van der Waals surface area (Å²) >= 11 is 0. The highest BCUT2D eigenvalue weighted by Gasteiger charge is 2.56. The van der Waals surface area contributed by atoms with Crippen LogP contribution in [0.15, 0.2) is 0 Å². The van der Waals surface area contributed by atoms with Gasteiger partial charge in [0.15, 0.2) is 5.60 Å². The zero-order chi connectivity index (χ0) is 8.93. The third-order valence-electron chi connectivity index (χ3n) is 2.50. The molecule has 5 nitrogen and oxygen atoms in total. The highest BCUT2D eigenvalue weighted by atomic mass is 16.6. The minimum Gasteiger partial charge on any atom is -0.457 e. The number of hydrogen-bond donors (Lipinski definition) is 3. The third kappa shape index (κ3) is 0.872. The molecule has 12 heavy (non-hydrogen) atoms. The van der Waals surface area contributed by atoms with E-state index in [0.29, 0.717) is 0 Å². The Morgan fingerprint density at radius 2 is 2.08 bits per heavy atom. The number of hydrogen-bond acceptors (Lipinski definition) is 5. The molecule has 1 aliphatic heterocycles. The fraction of sp³-hybridized carbons (Fsp3) is 0.857. The topological polar surface area (TPSA) is 87.0 Å². The Kier molecular flexibility index (Phi) is 1.45. The minimum absolute atomic E-state index is 0.0874. The Labute approximate surface area is 68.6 Å². The molecule has 1 aliphatic carbocycles. The first-order valence-corrected chi connectivity index (χ1v) is 3.82. The van der Waals surface area contributed by atoms with Crippen LogP contribution in [0.3, 0.4) is 0 Å². The van der Waals surface area contributed by atoms with Crippen LogP contribution in [0, 0.1) is 0 Å². The number of esters is 1. The number of ether oxygens (including phenoxy) is 1. The normalized spacial score (nSPS) is 52.2. The Hall–Kier alpha value is -0.650. The summed E-state index contributed by atoms with van der Waals surface area (Å²) in [5.74, 6) is -0.733. The first-order valence-electron chi connectivity index (χ1n) is 3.82. The van der Waals surface area contributed by atoms with Crippen LogP contribution >= 0.6 is 0 Å². The molecule has 1 saturated carbocycles. The summed E-state index contributed by atoms with van der Waals surface area (Å²) in [5.41, 5.74) is -1.57. The first kappa shape index (κ1) is 7.97. The summed E-state index contributed by atoms with van der Waals surface area (Å²) in [4.78, 5) is 11.0. The molecule has 0 radical (unpaired) electrons. The van der Waals surface area contributed by atoms with E-state index in [0.717, 1.165) is 0 Å². The molecule has 1 heterocycles. The molecular weight excluding hydrogens is 164 g/mol. The van der Waals surface area contributed by atoms with Crippen molar-refractivity contribution >= 4 is 5.97 Å². The van der Waals surface area contributed by atoms with E-state index in [-0.39, 0.29) is 12.8 Å². The second kappa shape index (κ2) is 2.18. The van der Waals surface area contributed by atoms with Gasteiger partial charge in [0.25, 0.3) is 0 Å². The summed E-state index contributed by atoms with van der Waals surface area (Å²) < 4.78 is 4.67. The van der Waals surface area contributed by atoms with Crippen molar-refractivity contribution in [1.29, 1.82) is 0 Å². The maximum absolute atomic E-state index is 11.0. The number of rotatable bonds is 0. The van der Waals surface area contributed by atoms with Gasteiger partial charge in [-0.05, 0) is 0 Å². The quantitative estimate of drug-likeness (QED) is 0.375. The first-order chi connectivity index (χ1) is 5.53.